The highest BCUT2D eigenvalue weighted by Crippen LogP contribution is 2.38. The van der Waals surface area contributed by atoms with Gasteiger partial charge >= 0.3 is 0 Å². The predicted octanol–water partition coefficient (Wildman–Crippen LogP) is 2.06. The van der Waals surface area contributed by atoms with Crippen LogP contribution in [0.2, 0.25) is 0 Å². The third-order valence-corrected chi connectivity index (χ3v) is 6.04. The quantitative estimate of drug-likeness (QED) is 0.844. The maximum atomic E-state index is 6.21. The molecule has 3 heteroatoms. The van der Waals surface area contributed by atoms with Gasteiger partial charge in [-0.05, 0) is 44.4 Å². The summed E-state index contributed by atoms with van der Waals surface area (Å²) in [6, 6.07) is 0.937. The van der Waals surface area contributed by atoms with E-state index in [9.17, 15) is 0 Å². The second-order valence-electron chi connectivity index (χ2n) is 7.03. The molecule has 3 nitrogen and oxygen atoms in total. The molecule has 0 amide bonds. The largest absolute Gasteiger partial charge is 0.329 e. The Bertz CT molecular complexity index is 284. The summed E-state index contributed by atoms with van der Waals surface area (Å²) < 4.78 is 0. The SMILES string of the molecule is CCC1CCC(CN)(N2CCN(C3CC3)CC2)CC1. The molecule has 0 atom stereocenters. The molecule has 1 aliphatic heterocycles. The molecule has 0 bridgehead atoms. The van der Waals surface area contributed by atoms with Crippen molar-refractivity contribution in [3.63, 3.8) is 0 Å². The topological polar surface area (TPSA) is 32.5 Å². The fraction of sp³-hybridized carbons (Fsp3) is 1.00. The summed E-state index contributed by atoms with van der Waals surface area (Å²) in [5.41, 5.74) is 6.56. The van der Waals surface area contributed by atoms with Gasteiger partial charge in [0.1, 0.15) is 0 Å². The van der Waals surface area contributed by atoms with E-state index < -0.39 is 0 Å². The van der Waals surface area contributed by atoms with Crippen LogP contribution >= 0.6 is 0 Å². The molecule has 2 aliphatic carbocycles. The number of hydrogen-bond donors (Lipinski definition) is 1. The first-order valence-corrected chi connectivity index (χ1v) is 8.46. The van der Waals surface area contributed by atoms with Crippen molar-refractivity contribution in [3.05, 3.63) is 0 Å². The van der Waals surface area contributed by atoms with Crippen LogP contribution in [0.4, 0.5) is 0 Å². The molecular weight excluding hydrogens is 234 g/mol. The van der Waals surface area contributed by atoms with E-state index in [0.29, 0.717) is 5.54 Å². The van der Waals surface area contributed by atoms with E-state index in [2.05, 4.69) is 16.7 Å². The Labute approximate surface area is 118 Å². The third-order valence-electron chi connectivity index (χ3n) is 6.04. The van der Waals surface area contributed by atoms with Gasteiger partial charge in [-0.3, -0.25) is 9.80 Å². The highest BCUT2D eigenvalue weighted by molar-refractivity contribution is 4.98. The van der Waals surface area contributed by atoms with Crippen molar-refractivity contribution in [1.82, 2.24) is 9.80 Å². The van der Waals surface area contributed by atoms with Crippen LogP contribution < -0.4 is 5.73 Å². The van der Waals surface area contributed by atoms with Crippen molar-refractivity contribution in [3.8, 4) is 0 Å². The van der Waals surface area contributed by atoms with E-state index in [1.165, 1.54) is 71.1 Å². The summed E-state index contributed by atoms with van der Waals surface area (Å²) in [5, 5.41) is 0. The van der Waals surface area contributed by atoms with Crippen LogP contribution in [-0.4, -0.2) is 54.1 Å². The monoisotopic (exact) mass is 265 g/mol. The van der Waals surface area contributed by atoms with Gasteiger partial charge in [-0.15, -0.1) is 0 Å². The van der Waals surface area contributed by atoms with E-state index >= 15 is 0 Å². The van der Waals surface area contributed by atoms with Gasteiger partial charge in [0, 0.05) is 44.3 Å². The maximum absolute atomic E-state index is 6.21. The van der Waals surface area contributed by atoms with Crippen molar-refractivity contribution in [2.75, 3.05) is 32.7 Å². The summed E-state index contributed by atoms with van der Waals surface area (Å²) in [7, 11) is 0. The fourth-order valence-electron chi connectivity index (χ4n) is 4.27. The summed E-state index contributed by atoms with van der Waals surface area (Å²) in [6.07, 6.45) is 9.72. The van der Waals surface area contributed by atoms with Crippen LogP contribution in [0.5, 0.6) is 0 Å². The molecule has 0 spiro atoms. The predicted molar refractivity (Wildman–Crippen MR) is 80.2 cm³/mol. The van der Waals surface area contributed by atoms with Crippen LogP contribution in [0.25, 0.3) is 0 Å². The molecule has 2 saturated carbocycles. The lowest BCUT2D eigenvalue weighted by Gasteiger charge is -2.50. The average Bonchev–Trinajstić information content (AvgIpc) is 3.32. The molecule has 3 rings (SSSR count). The molecule has 1 heterocycles. The minimum Gasteiger partial charge on any atom is -0.329 e. The van der Waals surface area contributed by atoms with Crippen LogP contribution in [0.1, 0.15) is 51.9 Å². The van der Waals surface area contributed by atoms with Crippen molar-refractivity contribution in [2.45, 2.75) is 63.5 Å². The number of nitrogens with zero attached hydrogens (tertiary/aromatic N) is 2. The Morgan fingerprint density at radius 2 is 1.63 bits per heavy atom. The molecule has 110 valence electrons. The molecule has 2 N–H and O–H groups in total. The molecule has 0 aromatic heterocycles. The molecular formula is C16H31N3. The van der Waals surface area contributed by atoms with E-state index in [1.807, 2.05) is 0 Å². The normalized spacial score (nSPS) is 38.5. The van der Waals surface area contributed by atoms with E-state index in [1.54, 1.807) is 0 Å². The second-order valence-corrected chi connectivity index (χ2v) is 7.03. The third kappa shape index (κ3) is 2.84. The van der Waals surface area contributed by atoms with Gasteiger partial charge in [-0.25, -0.2) is 0 Å². The Morgan fingerprint density at radius 3 is 2.11 bits per heavy atom. The standard InChI is InChI=1S/C16H31N3/c1-2-14-5-7-16(13-17,8-6-14)19-11-9-18(10-12-19)15-3-4-15/h14-15H,2-13,17H2,1H3. The van der Waals surface area contributed by atoms with Crippen LogP contribution in [0.15, 0.2) is 0 Å². The Kier molecular flexibility index (Phi) is 4.16. The minimum atomic E-state index is 0.349. The first-order valence-electron chi connectivity index (χ1n) is 8.46. The zero-order valence-electron chi connectivity index (χ0n) is 12.6. The zero-order valence-corrected chi connectivity index (χ0v) is 12.6. The van der Waals surface area contributed by atoms with Crippen molar-refractivity contribution < 1.29 is 0 Å². The average molecular weight is 265 g/mol. The van der Waals surface area contributed by atoms with Crippen molar-refractivity contribution in [2.24, 2.45) is 11.7 Å². The van der Waals surface area contributed by atoms with E-state index in [-0.39, 0.29) is 0 Å². The summed E-state index contributed by atoms with van der Waals surface area (Å²) >= 11 is 0. The number of nitrogens with two attached hydrogens (primary N) is 1. The van der Waals surface area contributed by atoms with Gasteiger partial charge in [0.2, 0.25) is 0 Å². The molecule has 19 heavy (non-hydrogen) atoms. The van der Waals surface area contributed by atoms with E-state index in [0.717, 1.165) is 18.5 Å². The van der Waals surface area contributed by atoms with E-state index in [4.69, 9.17) is 5.73 Å². The van der Waals surface area contributed by atoms with Gasteiger partial charge in [-0.1, -0.05) is 13.3 Å². The zero-order chi connectivity index (χ0) is 13.3. The van der Waals surface area contributed by atoms with Gasteiger partial charge < -0.3 is 5.73 Å². The highest BCUT2D eigenvalue weighted by atomic mass is 15.3. The van der Waals surface area contributed by atoms with Gasteiger partial charge in [0.25, 0.3) is 0 Å². The highest BCUT2D eigenvalue weighted by Gasteiger charge is 2.41. The molecule has 3 aliphatic rings. The lowest BCUT2D eigenvalue weighted by molar-refractivity contribution is 0.00144. The number of piperazine rings is 1. The molecule has 3 fully saturated rings. The number of hydrogen-bond acceptors (Lipinski definition) is 3. The molecule has 0 radical (unpaired) electrons. The van der Waals surface area contributed by atoms with Gasteiger partial charge in [-0.2, -0.15) is 0 Å². The van der Waals surface area contributed by atoms with Gasteiger partial charge in [0.15, 0.2) is 0 Å². The molecule has 0 aromatic carbocycles. The first kappa shape index (κ1) is 13.8. The van der Waals surface area contributed by atoms with Crippen LogP contribution in [0.3, 0.4) is 0 Å². The summed E-state index contributed by atoms with van der Waals surface area (Å²) in [6.45, 7) is 8.28. The molecule has 0 aromatic rings. The van der Waals surface area contributed by atoms with Crippen molar-refractivity contribution >= 4 is 0 Å². The minimum absolute atomic E-state index is 0.349. The Morgan fingerprint density at radius 1 is 1.00 bits per heavy atom. The second kappa shape index (κ2) is 5.71. The molecule has 0 unspecified atom stereocenters. The van der Waals surface area contributed by atoms with Crippen LogP contribution in [0, 0.1) is 5.92 Å². The Balaban J connectivity index is 1.56. The number of rotatable bonds is 4. The fourth-order valence-corrected chi connectivity index (χ4v) is 4.27. The smallest absolute Gasteiger partial charge is 0.0333 e. The molecule has 1 saturated heterocycles. The lowest BCUT2D eigenvalue weighted by Crippen LogP contribution is -2.61. The summed E-state index contributed by atoms with van der Waals surface area (Å²) in [5.74, 6) is 0.965. The van der Waals surface area contributed by atoms with Crippen LogP contribution in [-0.2, 0) is 0 Å². The Hall–Kier alpha value is -0.120. The summed E-state index contributed by atoms with van der Waals surface area (Å²) in [4.78, 5) is 5.45. The van der Waals surface area contributed by atoms with Crippen molar-refractivity contribution in [1.29, 1.82) is 0 Å². The first-order chi connectivity index (χ1) is 9.27. The van der Waals surface area contributed by atoms with Gasteiger partial charge in [0.05, 0.1) is 0 Å². The lowest BCUT2D eigenvalue weighted by atomic mass is 9.74. The maximum Gasteiger partial charge on any atom is 0.0333 e.